The predicted octanol–water partition coefficient (Wildman–Crippen LogP) is 0.803. The van der Waals surface area contributed by atoms with Crippen molar-refractivity contribution in [2.24, 2.45) is 0 Å². The fourth-order valence-corrected chi connectivity index (χ4v) is 2.05. The van der Waals surface area contributed by atoms with E-state index in [1.807, 2.05) is 42.3 Å². The van der Waals surface area contributed by atoms with Crippen molar-refractivity contribution in [2.75, 3.05) is 19.8 Å². The molecule has 1 unspecified atom stereocenters. The van der Waals surface area contributed by atoms with Crippen LogP contribution < -0.4 is 0 Å². The van der Waals surface area contributed by atoms with Crippen LogP contribution in [-0.2, 0) is 20.8 Å². The van der Waals surface area contributed by atoms with Crippen LogP contribution in [0.15, 0.2) is 30.3 Å². The molecule has 1 N–H and O–H groups in total. The first-order chi connectivity index (χ1) is 8.37. The van der Waals surface area contributed by atoms with E-state index in [0.717, 1.165) is 12.8 Å². The highest BCUT2D eigenvalue weighted by Gasteiger charge is 2.12. The van der Waals surface area contributed by atoms with Crippen LogP contribution in [0.4, 0.5) is 0 Å². The second-order valence-electron chi connectivity index (χ2n) is 4.27. The monoisotopic (exact) mass is 273 g/mol. The fourth-order valence-electron chi connectivity index (χ4n) is 1.55. The zero-order valence-corrected chi connectivity index (χ0v) is 11.4. The standard InChI is InChI=1S/C12H19NO4S/c1-13(10-11-6-4-3-5-7-11)9-8-12(14)17-18(2,15)16/h3-7,12,14H,8-10H2,1-2H3. The lowest BCUT2D eigenvalue weighted by molar-refractivity contribution is -0.0222. The lowest BCUT2D eigenvalue weighted by Gasteiger charge is -2.18. The maximum atomic E-state index is 10.8. The van der Waals surface area contributed by atoms with E-state index in [1.54, 1.807) is 0 Å². The first kappa shape index (κ1) is 15.1. The lowest BCUT2D eigenvalue weighted by Crippen LogP contribution is -2.25. The van der Waals surface area contributed by atoms with Crippen LogP contribution in [-0.4, -0.2) is 44.6 Å². The molecule has 0 amide bonds. The van der Waals surface area contributed by atoms with Crippen molar-refractivity contribution in [3.8, 4) is 0 Å². The van der Waals surface area contributed by atoms with Gasteiger partial charge in [0.1, 0.15) is 0 Å². The summed E-state index contributed by atoms with van der Waals surface area (Å²) in [6.07, 6.45) is -0.112. The minimum absolute atomic E-state index is 0.246. The first-order valence-electron chi connectivity index (χ1n) is 5.65. The highest BCUT2D eigenvalue weighted by Crippen LogP contribution is 2.05. The summed E-state index contributed by atoms with van der Waals surface area (Å²) in [5.41, 5.74) is 1.17. The lowest BCUT2D eigenvalue weighted by atomic mass is 10.2. The average Bonchev–Trinajstić information content (AvgIpc) is 2.25. The third-order valence-corrected chi connectivity index (χ3v) is 2.91. The van der Waals surface area contributed by atoms with E-state index >= 15 is 0 Å². The molecule has 18 heavy (non-hydrogen) atoms. The molecule has 0 heterocycles. The smallest absolute Gasteiger partial charge is 0.266 e. The number of nitrogens with zero attached hydrogens (tertiary/aromatic N) is 1. The second kappa shape index (κ2) is 6.84. The summed E-state index contributed by atoms with van der Waals surface area (Å²) < 4.78 is 26.0. The molecule has 102 valence electrons. The predicted molar refractivity (Wildman–Crippen MR) is 69.3 cm³/mol. The Hall–Kier alpha value is -0.950. The number of benzene rings is 1. The second-order valence-corrected chi connectivity index (χ2v) is 5.87. The van der Waals surface area contributed by atoms with Gasteiger partial charge >= 0.3 is 0 Å². The van der Waals surface area contributed by atoms with Crippen LogP contribution in [0.25, 0.3) is 0 Å². The minimum Gasteiger partial charge on any atom is -0.367 e. The maximum absolute atomic E-state index is 10.8. The van der Waals surface area contributed by atoms with Gasteiger partial charge in [-0.2, -0.15) is 8.42 Å². The van der Waals surface area contributed by atoms with Crippen LogP contribution in [0.3, 0.4) is 0 Å². The highest BCUT2D eigenvalue weighted by molar-refractivity contribution is 7.86. The molecular formula is C12H19NO4S. The van der Waals surface area contributed by atoms with Crippen molar-refractivity contribution in [1.29, 1.82) is 0 Å². The molecule has 6 heteroatoms. The molecule has 1 atom stereocenters. The molecule has 0 aliphatic rings. The van der Waals surface area contributed by atoms with Gasteiger partial charge in [0, 0.05) is 19.5 Å². The van der Waals surface area contributed by atoms with Gasteiger partial charge in [-0.15, -0.1) is 0 Å². The number of aliphatic hydroxyl groups excluding tert-OH is 1. The molecule has 1 aromatic rings. The van der Waals surface area contributed by atoms with Crippen molar-refractivity contribution in [1.82, 2.24) is 4.90 Å². The quantitative estimate of drug-likeness (QED) is 0.588. The largest absolute Gasteiger partial charge is 0.367 e. The third kappa shape index (κ3) is 6.70. The molecule has 5 nitrogen and oxygen atoms in total. The van der Waals surface area contributed by atoms with E-state index in [2.05, 4.69) is 4.18 Å². The van der Waals surface area contributed by atoms with Crippen LogP contribution in [0.2, 0.25) is 0 Å². The zero-order valence-electron chi connectivity index (χ0n) is 10.6. The Kier molecular flexibility index (Phi) is 5.74. The summed E-state index contributed by atoms with van der Waals surface area (Å²) in [5, 5.41) is 9.37. The molecule has 0 aliphatic carbocycles. The normalized spacial score (nSPS) is 13.8. The number of rotatable bonds is 7. The Balaban J connectivity index is 2.31. The van der Waals surface area contributed by atoms with Gasteiger partial charge in [0.15, 0.2) is 6.29 Å². The van der Waals surface area contributed by atoms with Gasteiger partial charge in [-0.25, -0.2) is 4.18 Å². The van der Waals surface area contributed by atoms with Gasteiger partial charge in [-0.1, -0.05) is 30.3 Å². The van der Waals surface area contributed by atoms with E-state index in [-0.39, 0.29) is 6.42 Å². The topological polar surface area (TPSA) is 66.8 Å². The van der Waals surface area contributed by atoms with E-state index < -0.39 is 16.4 Å². The van der Waals surface area contributed by atoms with Crippen molar-refractivity contribution in [3.05, 3.63) is 35.9 Å². The zero-order chi connectivity index (χ0) is 13.6. The Labute approximate surface area is 108 Å². The van der Waals surface area contributed by atoms with E-state index in [1.165, 1.54) is 5.56 Å². The summed E-state index contributed by atoms with van der Waals surface area (Å²) in [7, 11) is -1.70. The molecule has 0 bridgehead atoms. The van der Waals surface area contributed by atoms with Crippen molar-refractivity contribution >= 4 is 10.1 Å². The van der Waals surface area contributed by atoms with Gasteiger partial charge in [-0.05, 0) is 12.6 Å². The summed E-state index contributed by atoms with van der Waals surface area (Å²) in [4.78, 5) is 1.99. The van der Waals surface area contributed by atoms with Crippen LogP contribution >= 0.6 is 0 Å². The van der Waals surface area contributed by atoms with Gasteiger partial charge in [0.2, 0.25) is 0 Å². The van der Waals surface area contributed by atoms with Gasteiger partial charge in [0.25, 0.3) is 10.1 Å². The molecule has 1 rings (SSSR count). The summed E-state index contributed by atoms with van der Waals surface area (Å²) in [6, 6.07) is 9.91. The number of hydrogen-bond acceptors (Lipinski definition) is 5. The molecule has 0 radical (unpaired) electrons. The molecule has 0 saturated heterocycles. The highest BCUT2D eigenvalue weighted by atomic mass is 32.2. The summed E-state index contributed by atoms with van der Waals surface area (Å²) in [5.74, 6) is 0. The number of aliphatic hydroxyl groups is 1. The molecule has 0 aromatic heterocycles. The van der Waals surface area contributed by atoms with Gasteiger partial charge in [-0.3, -0.25) is 0 Å². The van der Waals surface area contributed by atoms with Crippen LogP contribution in [0, 0.1) is 0 Å². The van der Waals surface area contributed by atoms with E-state index in [0.29, 0.717) is 6.54 Å². The van der Waals surface area contributed by atoms with Crippen LogP contribution in [0.1, 0.15) is 12.0 Å². The Bertz CT molecular complexity index is 446. The first-order valence-corrected chi connectivity index (χ1v) is 7.47. The maximum Gasteiger partial charge on any atom is 0.266 e. The van der Waals surface area contributed by atoms with Crippen molar-refractivity contribution in [2.45, 2.75) is 19.3 Å². The summed E-state index contributed by atoms with van der Waals surface area (Å²) in [6.45, 7) is 1.29. The molecule has 0 aliphatic heterocycles. The Morgan fingerprint density at radius 1 is 1.33 bits per heavy atom. The Morgan fingerprint density at radius 3 is 2.50 bits per heavy atom. The average molecular weight is 273 g/mol. The van der Waals surface area contributed by atoms with Crippen molar-refractivity contribution < 1.29 is 17.7 Å². The molecule has 1 aromatic carbocycles. The molecule has 0 fully saturated rings. The fraction of sp³-hybridized carbons (Fsp3) is 0.500. The summed E-state index contributed by atoms with van der Waals surface area (Å²) >= 11 is 0. The van der Waals surface area contributed by atoms with Gasteiger partial charge < -0.3 is 10.0 Å². The van der Waals surface area contributed by atoms with E-state index in [4.69, 9.17) is 0 Å². The molecular weight excluding hydrogens is 254 g/mol. The van der Waals surface area contributed by atoms with Crippen LogP contribution in [0.5, 0.6) is 0 Å². The van der Waals surface area contributed by atoms with E-state index in [9.17, 15) is 13.5 Å². The van der Waals surface area contributed by atoms with Crippen molar-refractivity contribution in [3.63, 3.8) is 0 Å². The molecule has 0 saturated carbocycles. The Morgan fingerprint density at radius 2 is 1.94 bits per heavy atom. The molecule has 0 spiro atoms. The minimum atomic E-state index is -3.60. The third-order valence-electron chi connectivity index (χ3n) is 2.34. The SMILES string of the molecule is CN(CCC(O)OS(C)(=O)=O)Cc1ccccc1. The number of hydrogen-bond donors (Lipinski definition) is 1. The van der Waals surface area contributed by atoms with Gasteiger partial charge in [0.05, 0.1) is 6.26 Å².